The molecule has 0 saturated carbocycles. The summed E-state index contributed by atoms with van der Waals surface area (Å²) < 4.78 is 39.0. The van der Waals surface area contributed by atoms with Gasteiger partial charge in [-0.15, -0.1) is 0 Å². The minimum atomic E-state index is -4.44. The Morgan fingerprint density at radius 3 is 2.23 bits per heavy atom. The number of rotatable bonds is 4. The van der Waals surface area contributed by atoms with E-state index in [1.165, 1.54) is 17.2 Å². The summed E-state index contributed by atoms with van der Waals surface area (Å²) in [6.45, 7) is 0.230. The number of alkyl halides is 3. The molecule has 118 valence electrons. The van der Waals surface area contributed by atoms with Crippen molar-refractivity contribution in [1.82, 2.24) is 15.0 Å². The second kappa shape index (κ2) is 6.17. The fraction of sp³-hybridized carbons (Fsp3) is 0.357. The van der Waals surface area contributed by atoms with E-state index in [9.17, 15) is 13.2 Å². The van der Waals surface area contributed by atoms with Crippen molar-refractivity contribution in [2.75, 3.05) is 30.9 Å². The molecule has 0 atom stereocenters. The number of aromatic nitrogens is 3. The number of halogens is 3. The number of pyridine rings is 1. The maximum atomic E-state index is 13.0. The standard InChI is InChI=1S/C14H16F3N5/c1-21(2)13-19-7-10(8-20-13)9-22(3)12-11(14(15,16)17)5-4-6-18-12/h4-8H,9H2,1-3H3. The number of hydrogen-bond donors (Lipinski definition) is 0. The van der Waals surface area contributed by atoms with Gasteiger partial charge in [0.25, 0.3) is 0 Å². The molecule has 5 nitrogen and oxygen atoms in total. The van der Waals surface area contributed by atoms with E-state index in [0.29, 0.717) is 11.5 Å². The van der Waals surface area contributed by atoms with Crippen molar-refractivity contribution in [2.24, 2.45) is 0 Å². The molecule has 0 aliphatic rings. The van der Waals surface area contributed by atoms with Gasteiger partial charge in [0.2, 0.25) is 5.95 Å². The Morgan fingerprint density at radius 1 is 1.05 bits per heavy atom. The third kappa shape index (κ3) is 3.63. The molecule has 0 aromatic carbocycles. The van der Waals surface area contributed by atoms with Crippen LogP contribution in [0.25, 0.3) is 0 Å². The van der Waals surface area contributed by atoms with Crippen LogP contribution >= 0.6 is 0 Å². The highest BCUT2D eigenvalue weighted by Gasteiger charge is 2.35. The summed E-state index contributed by atoms with van der Waals surface area (Å²) in [5.74, 6) is 0.423. The van der Waals surface area contributed by atoms with Crippen molar-refractivity contribution in [3.05, 3.63) is 41.9 Å². The summed E-state index contributed by atoms with van der Waals surface area (Å²) in [5.41, 5.74) is -0.0600. The maximum absolute atomic E-state index is 13.0. The number of hydrogen-bond acceptors (Lipinski definition) is 5. The third-order valence-electron chi connectivity index (χ3n) is 2.97. The molecule has 0 N–H and O–H groups in total. The molecule has 2 aromatic rings. The van der Waals surface area contributed by atoms with Gasteiger partial charge < -0.3 is 9.80 Å². The Bertz CT molecular complexity index is 625. The van der Waals surface area contributed by atoms with Gasteiger partial charge in [0.05, 0.1) is 5.56 Å². The van der Waals surface area contributed by atoms with Crippen LogP contribution in [-0.4, -0.2) is 36.1 Å². The molecule has 0 amide bonds. The van der Waals surface area contributed by atoms with Crippen LogP contribution in [0.15, 0.2) is 30.7 Å². The van der Waals surface area contributed by atoms with Crippen molar-refractivity contribution >= 4 is 11.8 Å². The van der Waals surface area contributed by atoms with E-state index < -0.39 is 11.7 Å². The Labute approximate surface area is 126 Å². The Morgan fingerprint density at radius 2 is 1.68 bits per heavy atom. The maximum Gasteiger partial charge on any atom is 0.419 e. The van der Waals surface area contributed by atoms with Crippen LogP contribution in [0, 0.1) is 0 Å². The molecule has 0 aliphatic heterocycles. The molecule has 0 fully saturated rings. The van der Waals surface area contributed by atoms with Gasteiger partial charge in [0, 0.05) is 51.8 Å². The van der Waals surface area contributed by atoms with Gasteiger partial charge >= 0.3 is 6.18 Å². The molecule has 2 rings (SSSR count). The quantitative estimate of drug-likeness (QED) is 0.868. The summed E-state index contributed by atoms with van der Waals surface area (Å²) in [4.78, 5) is 15.3. The van der Waals surface area contributed by atoms with Crippen molar-refractivity contribution in [3.8, 4) is 0 Å². The summed E-state index contributed by atoms with van der Waals surface area (Å²) >= 11 is 0. The normalized spacial score (nSPS) is 11.4. The van der Waals surface area contributed by atoms with Gasteiger partial charge in [-0.3, -0.25) is 0 Å². The van der Waals surface area contributed by atoms with Crippen molar-refractivity contribution < 1.29 is 13.2 Å². The molecule has 0 spiro atoms. The lowest BCUT2D eigenvalue weighted by Gasteiger charge is -2.22. The Balaban J connectivity index is 2.21. The van der Waals surface area contributed by atoms with E-state index in [1.807, 2.05) is 14.1 Å². The average molecular weight is 311 g/mol. The molecular formula is C14H16F3N5. The van der Waals surface area contributed by atoms with E-state index in [0.717, 1.165) is 6.07 Å². The first-order chi connectivity index (χ1) is 10.3. The van der Waals surface area contributed by atoms with Crippen LogP contribution in [0.4, 0.5) is 24.9 Å². The van der Waals surface area contributed by atoms with E-state index in [1.54, 1.807) is 24.3 Å². The monoisotopic (exact) mass is 311 g/mol. The van der Waals surface area contributed by atoms with Crippen molar-refractivity contribution in [2.45, 2.75) is 12.7 Å². The lowest BCUT2D eigenvalue weighted by atomic mass is 10.2. The first kappa shape index (κ1) is 16.0. The highest BCUT2D eigenvalue weighted by atomic mass is 19.4. The Hall–Kier alpha value is -2.38. The van der Waals surface area contributed by atoms with E-state index in [2.05, 4.69) is 15.0 Å². The molecule has 8 heteroatoms. The minimum Gasteiger partial charge on any atom is -0.355 e. The van der Waals surface area contributed by atoms with Gasteiger partial charge in [-0.1, -0.05) is 0 Å². The van der Waals surface area contributed by atoms with Gasteiger partial charge in [0.1, 0.15) is 5.82 Å². The van der Waals surface area contributed by atoms with Crippen LogP contribution in [-0.2, 0) is 12.7 Å². The number of anilines is 2. The van der Waals surface area contributed by atoms with E-state index >= 15 is 0 Å². The van der Waals surface area contributed by atoms with Crippen LogP contribution in [0.5, 0.6) is 0 Å². The number of nitrogens with zero attached hydrogens (tertiary/aromatic N) is 5. The summed E-state index contributed by atoms with van der Waals surface area (Å²) in [5, 5.41) is 0. The van der Waals surface area contributed by atoms with Crippen LogP contribution in [0.2, 0.25) is 0 Å². The molecule has 0 saturated heterocycles. The summed E-state index contributed by atoms with van der Waals surface area (Å²) in [6, 6.07) is 2.29. The first-order valence-electron chi connectivity index (χ1n) is 6.50. The second-order valence-electron chi connectivity index (χ2n) is 5.01. The predicted octanol–water partition coefficient (Wildman–Crippen LogP) is 2.59. The van der Waals surface area contributed by atoms with Gasteiger partial charge in [0.15, 0.2) is 0 Å². The molecule has 2 heterocycles. The van der Waals surface area contributed by atoms with Crippen LogP contribution in [0.1, 0.15) is 11.1 Å². The van der Waals surface area contributed by atoms with Crippen molar-refractivity contribution in [1.29, 1.82) is 0 Å². The fourth-order valence-corrected chi connectivity index (χ4v) is 1.93. The molecule has 22 heavy (non-hydrogen) atoms. The fourth-order valence-electron chi connectivity index (χ4n) is 1.93. The zero-order chi connectivity index (χ0) is 16.3. The smallest absolute Gasteiger partial charge is 0.355 e. The van der Waals surface area contributed by atoms with Crippen LogP contribution < -0.4 is 9.80 Å². The Kier molecular flexibility index (Phi) is 4.48. The average Bonchev–Trinajstić information content (AvgIpc) is 2.47. The summed E-state index contributed by atoms with van der Waals surface area (Å²) in [6.07, 6.45) is 0.0833. The van der Waals surface area contributed by atoms with E-state index in [-0.39, 0.29) is 12.4 Å². The highest BCUT2D eigenvalue weighted by Crippen LogP contribution is 2.35. The lowest BCUT2D eigenvalue weighted by molar-refractivity contribution is -0.137. The van der Waals surface area contributed by atoms with Crippen molar-refractivity contribution in [3.63, 3.8) is 0 Å². The minimum absolute atomic E-state index is 0.119. The van der Waals surface area contributed by atoms with Crippen LogP contribution in [0.3, 0.4) is 0 Å². The highest BCUT2D eigenvalue weighted by molar-refractivity contribution is 5.48. The van der Waals surface area contributed by atoms with Gasteiger partial charge in [-0.2, -0.15) is 13.2 Å². The molecule has 0 radical (unpaired) electrons. The first-order valence-corrected chi connectivity index (χ1v) is 6.50. The molecule has 0 bridgehead atoms. The molecule has 2 aromatic heterocycles. The van der Waals surface area contributed by atoms with Gasteiger partial charge in [-0.25, -0.2) is 15.0 Å². The third-order valence-corrected chi connectivity index (χ3v) is 2.97. The van der Waals surface area contributed by atoms with E-state index in [4.69, 9.17) is 0 Å². The zero-order valence-electron chi connectivity index (χ0n) is 12.5. The zero-order valence-corrected chi connectivity index (χ0v) is 12.5. The molecular weight excluding hydrogens is 295 g/mol. The SMILES string of the molecule is CN(C)c1ncc(CN(C)c2ncccc2C(F)(F)F)cn1. The summed E-state index contributed by atoms with van der Waals surface area (Å²) in [7, 11) is 5.17. The predicted molar refractivity (Wildman–Crippen MR) is 77.7 cm³/mol. The second-order valence-corrected chi connectivity index (χ2v) is 5.01. The largest absolute Gasteiger partial charge is 0.419 e. The lowest BCUT2D eigenvalue weighted by Crippen LogP contribution is -2.22. The molecule has 0 aliphatic carbocycles. The topological polar surface area (TPSA) is 45.2 Å². The molecule has 0 unspecified atom stereocenters. The van der Waals surface area contributed by atoms with Gasteiger partial charge in [-0.05, 0) is 12.1 Å².